The molecule has 124 valence electrons. The van der Waals surface area contributed by atoms with Crippen LogP contribution in [0.2, 0.25) is 0 Å². The summed E-state index contributed by atoms with van der Waals surface area (Å²) >= 11 is 0. The fraction of sp³-hybridized carbons (Fsp3) is 0.333. The van der Waals surface area contributed by atoms with Crippen molar-refractivity contribution in [1.29, 1.82) is 0 Å². The predicted octanol–water partition coefficient (Wildman–Crippen LogP) is 0.730. The lowest BCUT2D eigenvalue weighted by Gasteiger charge is -2.15. The highest BCUT2D eigenvalue weighted by Gasteiger charge is 2.27. The van der Waals surface area contributed by atoms with E-state index < -0.39 is 17.9 Å². The van der Waals surface area contributed by atoms with Crippen LogP contribution >= 0.6 is 0 Å². The summed E-state index contributed by atoms with van der Waals surface area (Å²) in [5, 5.41) is 0. The van der Waals surface area contributed by atoms with Gasteiger partial charge in [-0.25, -0.2) is 14.4 Å². The van der Waals surface area contributed by atoms with Crippen LogP contribution < -0.4 is 0 Å². The molecule has 0 fully saturated rings. The van der Waals surface area contributed by atoms with Gasteiger partial charge in [-0.15, -0.1) is 0 Å². The Morgan fingerprint density at radius 2 is 1.43 bits per heavy atom. The van der Waals surface area contributed by atoms with Crippen LogP contribution in [0.15, 0.2) is 18.6 Å². The molecule has 8 heteroatoms. The molecule has 0 N–H and O–H groups in total. The van der Waals surface area contributed by atoms with Gasteiger partial charge in [-0.3, -0.25) is 4.98 Å². The summed E-state index contributed by atoms with van der Waals surface area (Å²) in [5.41, 5.74) is -0.0530. The third-order valence-electron chi connectivity index (χ3n) is 2.82. The average molecular weight is 322 g/mol. The second-order valence-electron chi connectivity index (χ2n) is 4.59. The number of ether oxygens (including phenoxy) is 3. The lowest BCUT2D eigenvalue weighted by molar-refractivity contribution is -0.133. The van der Waals surface area contributed by atoms with Crippen LogP contribution in [-0.2, 0) is 19.0 Å². The van der Waals surface area contributed by atoms with Crippen molar-refractivity contribution >= 4 is 23.5 Å². The molecular weight excluding hydrogens is 304 g/mol. The second kappa shape index (κ2) is 7.92. The summed E-state index contributed by atoms with van der Waals surface area (Å²) in [4.78, 5) is 41.5. The third-order valence-corrected chi connectivity index (χ3v) is 2.82. The topological polar surface area (TPSA) is 95.0 Å². The van der Waals surface area contributed by atoms with E-state index in [-0.39, 0.29) is 22.3 Å². The highest BCUT2D eigenvalue weighted by molar-refractivity contribution is 6.21. The number of hydrogen-bond acceptors (Lipinski definition) is 8. The molecule has 0 aliphatic heterocycles. The standard InChI is InChI=1S/C15H18N2O6/c1-17(2)8-11(15(20)23-5)12-9(13(18)21-3)6-16-7-10(12)14(19)22-4/h6-8H,1-5H3. The summed E-state index contributed by atoms with van der Waals surface area (Å²) in [7, 11) is 6.93. The molecule has 1 heterocycles. The Morgan fingerprint density at radius 1 is 0.957 bits per heavy atom. The van der Waals surface area contributed by atoms with E-state index in [9.17, 15) is 14.4 Å². The number of esters is 3. The van der Waals surface area contributed by atoms with E-state index in [4.69, 9.17) is 4.74 Å². The second-order valence-corrected chi connectivity index (χ2v) is 4.59. The van der Waals surface area contributed by atoms with Gasteiger partial charge in [0.1, 0.15) is 0 Å². The summed E-state index contributed by atoms with van der Waals surface area (Å²) in [6.45, 7) is 0. The number of carbonyl (C=O) groups excluding carboxylic acids is 3. The first-order valence-corrected chi connectivity index (χ1v) is 6.48. The molecule has 0 aliphatic carbocycles. The van der Waals surface area contributed by atoms with Crippen molar-refractivity contribution < 1.29 is 28.6 Å². The van der Waals surface area contributed by atoms with Gasteiger partial charge in [-0.1, -0.05) is 0 Å². The van der Waals surface area contributed by atoms with Crippen LogP contribution in [0.3, 0.4) is 0 Å². The van der Waals surface area contributed by atoms with Crippen molar-refractivity contribution in [1.82, 2.24) is 9.88 Å². The van der Waals surface area contributed by atoms with Gasteiger partial charge in [0.05, 0.1) is 38.0 Å². The fourth-order valence-corrected chi connectivity index (χ4v) is 1.87. The number of methoxy groups -OCH3 is 3. The Morgan fingerprint density at radius 3 is 1.78 bits per heavy atom. The Balaban J connectivity index is 3.77. The monoisotopic (exact) mass is 322 g/mol. The fourth-order valence-electron chi connectivity index (χ4n) is 1.87. The molecule has 0 bridgehead atoms. The van der Waals surface area contributed by atoms with Gasteiger partial charge in [0, 0.05) is 38.3 Å². The minimum atomic E-state index is -0.744. The maximum atomic E-state index is 12.1. The van der Waals surface area contributed by atoms with Gasteiger partial charge in [0.15, 0.2) is 0 Å². The van der Waals surface area contributed by atoms with Crippen LogP contribution in [0.25, 0.3) is 5.57 Å². The molecule has 0 saturated carbocycles. The molecule has 1 rings (SSSR count). The van der Waals surface area contributed by atoms with Crippen molar-refractivity contribution in [2.45, 2.75) is 0 Å². The molecule has 0 radical (unpaired) electrons. The van der Waals surface area contributed by atoms with Crippen molar-refractivity contribution in [3.8, 4) is 0 Å². The zero-order valence-electron chi connectivity index (χ0n) is 13.6. The van der Waals surface area contributed by atoms with Gasteiger partial charge in [0.25, 0.3) is 0 Å². The van der Waals surface area contributed by atoms with Crippen LogP contribution in [0, 0.1) is 0 Å². The SMILES string of the molecule is COC(=O)C(=CN(C)C)c1c(C(=O)OC)cncc1C(=O)OC. The van der Waals surface area contributed by atoms with E-state index in [1.54, 1.807) is 19.0 Å². The Hall–Kier alpha value is -2.90. The Bertz CT molecular complexity index is 617. The van der Waals surface area contributed by atoms with Gasteiger partial charge in [-0.2, -0.15) is 0 Å². The molecule has 0 aromatic carbocycles. The molecule has 0 saturated heterocycles. The molecule has 1 aromatic heterocycles. The number of pyridine rings is 1. The van der Waals surface area contributed by atoms with E-state index in [0.29, 0.717) is 0 Å². The maximum absolute atomic E-state index is 12.1. The minimum Gasteiger partial charge on any atom is -0.465 e. The zero-order valence-corrected chi connectivity index (χ0v) is 13.6. The van der Waals surface area contributed by atoms with Gasteiger partial charge in [0.2, 0.25) is 0 Å². The van der Waals surface area contributed by atoms with E-state index >= 15 is 0 Å². The third kappa shape index (κ3) is 4.06. The summed E-state index contributed by atoms with van der Waals surface area (Å²) in [6, 6.07) is 0. The molecule has 23 heavy (non-hydrogen) atoms. The van der Waals surface area contributed by atoms with E-state index in [1.807, 2.05) is 0 Å². The van der Waals surface area contributed by atoms with Crippen molar-refractivity contribution in [2.24, 2.45) is 0 Å². The molecule has 0 amide bonds. The van der Waals surface area contributed by atoms with Crippen LogP contribution in [0.4, 0.5) is 0 Å². The zero-order chi connectivity index (χ0) is 17.6. The van der Waals surface area contributed by atoms with E-state index in [1.165, 1.54) is 39.9 Å². The lowest BCUT2D eigenvalue weighted by Crippen LogP contribution is -2.18. The average Bonchev–Trinajstić information content (AvgIpc) is 2.56. The Kier molecular flexibility index (Phi) is 6.25. The normalized spacial score (nSPS) is 10.7. The van der Waals surface area contributed by atoms with Crippen LogP contribution in [0.1, 0.15) is 26.3 Å². The first-order chi connectivity index (χ1) is 10.9. The van der Waals surface area contributed by atoms with E-state index in [2.05, 4.69) is 14.5 Å². The lowest BCUT2D eigenvalue weighted by atomic mass is 9.96. The Labute approximate surface area is 133 Å². The first kappa shape index (κ1) is 18.1. The highest BCUT2D eigenvalue weighted by Crippen LogP contribution is 2.26. The largest absolute Gasteiger partial charge is 0.465 e. The number of nitrogens with zero attached hydrogens (tertiary/aromatic N) is 2. The number of rotatable bonds is 5. The first-order valence-electron chi connectivity index (χ1n) is 6.48. The summed E-state index contributed by atoms with van der Waals surface area (Å²) < 4.78 is 14.1. The molecule has 0 atom stereocenters. The molecule has 0 aliphatic rings. The number of hydrogen-bond donors (Lipinski definition) is 0. The van der Waals surface area contributed by atoms with Crippen molar-refractivity contribution in [3.05, 3.63) is 35.3 Å². The molecular formula is C15H18N2O6. The molecule has 1 aromatic rings. The quantitative estimate of drug-likeness (QED) is 0.445. The number of carbonyl (C=O) groups is 3. The summed E-state index contributed by atoms with van der Waals surface area (Å²) in [5.74, 6) is -2.21. The highest BCUT2D eigenvalue weighted by atomic mass is 16.5. The van der Waals surface area contributed by atoms with Gasteiger partial charge < -0.3 is 19.1 Å². The van der Waals surface area contributed by atoms with Gasteiger partial charge >= 0.3 is 17.9 Å². The molecule has 0 unspecified atom stereocenters. The van der Waals surface area contributed by atoms with Crippen LogP contribution in [0.5, 0.6) is 0 Å². The van der Waals surface area contributed by atoms with Crippen molar-refractivity contribution in [3.63, 3.8) is 0 Å². The molecule has 8 nitrogen and oxygen atoms in total. The number of aromatic nitrogens is 1. The molecule has 0 spiro atoms. The van der Waals surface area contributed by atoms with Gasteiger partial charge in [-0.05, 0) is 0 Å². The smallest absolute Gasteiger partial charge is 0.340 e. The predicted molar refractivity (Wildman–Crippen MR) is 80.6 cm³/mol. The summed E-state index contributed by atoms with van der Waals surface area (Å²) in [6.07, 6.45) is 3.85. The minimum absolute atomic E-state index is 0.000648. The maximum Gasteiger partial charge on any atom is 0.340 e. The van der Waals surface area contributed by atoms with Crippen LogP contribution in [-0.4, -0.2) is 63.2 Å². The van der Waals surface area contributed by atoms with Crippen molar-refractivity contribution in [2.75, 3.05) is 35.4 Å². The van der Waals surface area contributed by atoms with E-state index in [0.717, 1.165) is 0 Å².